The Kier molecular flexibility index (Phi) is 3.84. The zero-order chi connectivity index (χ0) is 12.3. The minimum Gasteiger partial charge on any atom is -0.477 e. The average Bonchev–Trinajstić information content (AvgIpc) is 2.14. The van der Waals surface area contributed by atoms with E-state index in [0.29, 0.717) is 5.56 Å². The van der Waals surface area contributed by atoms with Gasteiger partial charge in [0, 0.05) is 6.07 Å². The van der Waals surface area contributed by atoms with Gasteiger partial charge >= 0.3 is 5.69 Å². The minimum absolute atomic E-state index is 0.0876. The molecular weight excluding hydrogens is 234 g/mol. The van der Waals surface area contributed by atoms with Crippen LogP contribution in [-0.4, -0.2) is 16.8 Å². The summed E-state index contributed by atoms with van der Waals surface area (Å²) in [4.78, 5) is 20.8. The summed E-state index contributed by atoms with van der Waals surface area (Å²) < 4.78 is 5.02. The Hall–Kier alpha value is -1.62. The fourth-order valence-electron chi connectivity index (χ4n) is 1.38. The van der Waals surface area contributed by atoms with E-state index in [-0.39, 0.29) is 18.0 Å². The maximum absolute atomic E-state index is 10.8. The molecule has 0 unspecified atom stereocenters. The Morgan fingerprint density at radius 3 is 2.62 bits per heavy atom. The molecule has 5 nitrogen and oxygen atoms in total. The molecule has 0 saturated heterocycles. The minimum atomic E-state index is -0.700. The lowest BCUT2D eigenvalue weighted by Crippen LogP contribution is -2.07. The third-order valence-electron chi connectivity index (χ3n) is 1.93. The molecule has 0 fully saturated rings. The van der Waals surface area contributed by atoms with Crippen molar-refractivity contribution >= 4 is 22.5 Å². The second-order valence-electron chi connectivity index (χ2n) is 3.33. The molecule has 0 aliphatic carbocycles. The number of nitro benzene ring substituents is 1. The van der Waals surface area contributed by atoms with Gasteiger partial charge < -0.3 is 4.74 Å². The quantitative estimate of drug-likeness (QED) is 0.462. The van der Waals surface area contributed by atoms with Crippen LogP contribution in [0.2, 0.25) is 0 Å². The van der Waals surface area contributed by atoms with Gasteiger partial charge in [0.05, 0.1) is 4.92 Å². The van der Waals surface area contributed by atoms with Crippen LogP contribution in [0.15, 0.2) is 12.1 Å². The number of ether oxygens (including phenoxy) is 1. The molecule has 0 saturated carbocycles. The first-order valence-corrected chi connectivity index (χ1v) is 4.86. The summed E-state index contributed by atoms with van der Waals surface area (Å²) in [5, 5.41) is 10.1. The van der Waals surface area contributed by atoms with Crippen molar-refractivity contribution in [3.63, 3.8) is 0 Å². The van der Waals surface area contributed by atoms with Crippen LogP contribution >= 0.6 is 11.6 Å². The van der Waals surface area contributed by atoms with Gasteiger partial charge in [-0.25, -0.2) is 0 Å². The van der Waals surface area contributed by atoms with Crippen LogP contribution in [0.25, 0.3) is 0 Å². The molecule has 1 aromatic carbocycles. The molecule has 16 heavy (non-hydrogen) atoms. The third kappa shape index (κ3) is 2.93. The maximum atomic E-state index is 10.8. The highest BCUT2D eigenvalue weighted by Gasteiger charge is 2.18. The lowest BCUT2D eigenvalue weighted by molar-refractivity contribution is -0.385. The number of carbonyl (C=O) groups excluding carboxylic acids is 1. The summed E-state index contributed by atoms with van der Waals surface area (Å²) in [6.45, 7) is 3.04. The van der Waals surface area contributed by atoms with E-state index in [1.54, 1.807) is 19.9 Å². The molecule has 6 heteroatoms. The monoisotopic (exact) mass is 243 g/mol. The van der Waals surface area contributed by atoms with Crippen LogP contribution in [0, 0.1) is 24.0 Å². The van der Waals surface area contributed by atoms with E-state index in [9.17, 15) is 14.9 Å². The maximum Gasteiger partial charge on any atom is 0.311 e. The molecule has 0 aliphatic rings. The first kappa shape index (κ1) is 12.4. The highest BCUT2D eigenvalue weighted by atomic mass is 35.5. The second-order valence-corrected chi connectivity index (χ2v) is 3.75. The van der Waals surface area contributed by atoms with Gasteiger partial charge in [-0.2, -0.15) is 0 Å². The second kappa shape index (κ2) is 4.94. The number of hydrogen-bond donors (Lipinski definition) is 0. The van der Waals surface area contributed by atoms with Crippen molar-refractivity contribution in [1.29, 1.82) is 0 Å². The summed E-state index contributed by atoms with van der Waals surface area (Å²) in [5.74, 6) is 0.0876. The molecule has 0 atom stereocenters. The van der Waals surface area contributed by atoms with Crippen molar-refractivity contribution in [2.75, 3.05) is 6.61 Å². The van der Waals surface area contributed by atoms with Gasteiger partial charge in [0.15, 0.2) is 6.61 Å². The first-order valence-electron chi connectivity index (χ1n) is 4.48. The van der Waals surface area contributed by atoms with E-state index in [1.807, 2.05) is 0 Å². The molecule has 0 aromatic heterocycles. The summed E-state index contributed by atoms with van der Waals surface area (Å²) in [5.41, 5.74) is 1.20. The fraction of sp³-hybridized carbons (Fsp3) is 0.300. The van der Waals surface area contributed by atoms with Crippen molar-refractivity contribution in [3.8, 4) is 5.75 Å². The third-order valence-corrected chi connectivity index (χ3v) is 2.04. The van der Waals surface area contributed by atoms with Crippen molar-refractivity contribution < 1.29 is 14.5 Å². The lowest BCUT2D eigenvalue weighted by atomic mass is 10.1. The molecule has 0 amide bonds. The topological polar surface area (TPSA) is 69.4 Å². The Bertz CT molecular complexity index is 445. The van der Waals surface area contributed by atoms with Gasteiger partial charge in [-0.3, -0.25) is 14.9 Å². The number of hydrogen-bond acceptors (Lipinski definition) is 4. The number of benzene rings is 1. The van der Waals surface area contributed by atoms with E-state index < -0.39 is 10.2 Å². The van der Waals surface area contributed by atoms with E-state index in [4.69, 9.17) is 16.3 Å². The van der Waals surface area contributed by atoms with Crippen LogP contribution in [0.1, 0.15) is 11.1 Å². The van der Waals surface area contributed by atoms with Crippen LogP contribution < -0.4 is 4.74 Å². The van der Waals surface area contributed by atoms with Gasteiger partial charge in [-0.05, 0) is 36.6 Å². The molecule has 86 valence electrons. The molecular formula is C10H10ClNO4. The molecule has 0 heterocycles. The van der Waals surface area contributed by atoms with Crippen molar-refractivity contribution in [2.24, 2.45) is 0 Å². The van der Waals surface area contributed by atoms with E-state index >= 15 is 0 Å². The van der Waals surface area contributed by atoms with Crippen LogP contribution in [0.4, 0.5) is 5.69 Å². The summed E-state index contributed by atoms with van der Waals surface area (Å²) in [6.07, 6.45) is 0. The van der Waals surface area contributed by atoms with Gasteiger partial charge in [-0.15, -0.1) is 0 Å². The molecule has 0 radical (unpaired) electrons. The van der Waals surface area contributed by atoms with Gasteiger partial charge in [0.25, 0.3) is 5.24 Å². The number of nitrogens with zero attached hydrogens (tertiary/aromatic N) is 1. The Morgan fingerprint density at radius 1 is 1.50 bits per heavy atom. The molecule has 0 bridgehead atoms. The van der Waals surface area contributed by atoms with Crippen LogP contribution in [-0.2, 0) is 4.79 Å². The number of carbonyl (C=O) groups is 1. The van der Waals surface area contributed by atoms with Gasteiger partial charge in [0.2, 0.25) is 5.75 Å². The Morgan fingerprint density at radius 2 is 2.12 bits per heavy atom. The predicted molar refractivity (Wildman–Crippen MR) is 58.9 cm³/mol. The molecule has 0 N–H and O–H groups in total. The summed E-state index contributed by atoms with van der Waals surface area (Å²) >= 11 is 5.11. The van der Waals surface area contributed by atoms with E-state index in [2.05, 4.69) is 0 Å². The number of halogens is 1. The van der Waals surface area contributed by atoms with Crippen molar-refractivity contribution in [2.45, 2.75) is 13.8 Å². The Balaban J connectivity index is 3.14. The van der Waals surface area contributed by atoms with Crippen LogP contribution in [0.3, 0.4) is 0 Å². The van der Waals surface area contributed by atoms with Crippen molar-refractivity contribution in [3.05, 3.63) is 33.4 Å². The largest absolute Gasteiger partial charge is 0.477 e. The number of nitro groups is 1. The predicted octanol–water partition coefficient (Wildman–Crippen LogP) is 2.36. The SMILES string of the molecule is Cc1cc(C)c(OCC(=O)Cl)c([N+](=O)[O-])c1. The molecule has 0 aliphatic heterocycles. The van der Waals surface area contributed by atoms with Gasteiger partial charge in [-0.1, -0.05) is 6.07 Å². The van der Waals surface area contributed by atoms with Crippen LogP contribution in [0.5, 0.6) is 5.75 Å². The first-order chi connectivity index (χ1) is 7.41. The summed E-state index contributed by atoms with van der Waals surface area (Å²) in [7, 11) is 0. The smallest absolute Gasteiger partial charge is 0.311 e. The van der Waals surface area contributed by atoms with E-state index in [1.165, 1.54) is 6.07 Å². The Labute approximate surface area is 97.1 Å². The number of aryl methyl sites for hydroxylation is 2. The summed E-state index contributed by atoms with van der Waals surface area (Å²) in [6, 6.07) is 3.13. The standard InChI is InChI=1S/C10H10ClNO4/c1-6-3-7(2)10(16-5-9(11)13)8(4-6)12(14)15/h3-4H,5H2,1-2H3. The van der Waals surface area contributed by atoms with Crippen molar-refractivity contribution in [1.82, 2.24) is 0 Å². The fourth-order valence-corrected chi connectivity index (χ4v) is 1.44. The zero-order valence-corrected chi connectivity index (χ0v) is 9.58. The van der Waals surface area contributed by atoms with E-state index in [0.717, 1.165) is 5.56 Å². The molecule has 0 spiro atoms. The average molecular weight is 244 g/mol. The normalized spacial score (nSPS) is 9.94. The van der Waals surface area contributed by atoms with Gasteiger partial charge in [0.1, 0.15) is 0 Å². The number of rotatable bonds is 4. The lowest BCUT2D eigenvalue weighted by Gasteiger charge is -2.08. The zero-order valence-electron chi connectivity index (χ0n) is 8.82. The highest BCUT2D eigenvalue weighted by Crippen LogP contribution is 2.31. The molecule has 1 rings (SSSR count). The highest BCUT2D eigenvalue weighted by molar-refractivity contribution is 6.63. The molecule has 1 aromatic rings.